The Labute approximate surface area is 167 Å². The standard InChI is InChI=1S/C13H15Cl2NO5S.Na/c1-3-4-16(2)22(19,20)9-6-7-5-8(13(17)18)21-12(7)11(15)10(9)14;/h6,8H,3-5H2,1-2H3,(H,17,18);/q;+1/p-1. The molecule has 0 bridgehead atoms. The summed E-state index contributed by atoms with van der Waals surface area (Å²) in [7, 11) is -2.37. The van der Waals surface area contributed by atoms with Gasteiger partial charge in [-0.1, -0.05) is 30.1 Å². The number of fused-ring (bicyclic) bond motifs is 1. The fraction of sp³-hybridized carbons (Fsp3) is 0.462. The molecule has 0 saturated carbocycles. The van der Waals surface area contributed by atoms with Gasteiger partial charge in [-0.15, -0.1) is 0 Å². The van der Waals surface area contributed by atoms with E-state index < -0.39 is 22.1 Å². The second kappa shape index (κ2) is 7.91. The van der Waals surface area contributed by atoms with Crippen molar-refractivity contribution >= 4 is 39.2 Å². The molecular formula is C13H14Cl2NNaO5S. The molecule has 0 amide bonds. The van der Waals surface area contributed by atoms with E-state index in [1.807, 2.05) is 6.92 Å². The molecule has 23 heavy (non-hydrogen) atoms. The normalized spacial score (nSPS) is 16.7. The molecule has 1 unspecified atom stereocenters. The molecule has 1 aromatic carbocycles. The van der Waals surface area contributed by atoms with E-state index in [1.54, 1.807) is 0 Å². The van der Waals surface area contributed by atoms with Gasteiger partial charge in [-0.05, 0) is 12.5 Å². The molecule has 0 N–H and O–H groups in total. The Morgan fingerprint density at radius 2 is 2.04 bits per heavy atom. The molecule has 0 spiro atoms. The zero-order chi connectivity index (χ0) is 16.7. The minimum absolute atomic E-state index is 0. The van der Waals surface area contributed by atoms with E-state index in [2.05, 4.69) is 0 Å². The number of carbonyl (C=O) groups is 1. The van der Waals surface area contributed by atoms with Gasteiger partial charge in [0.1, 0.15) is 21.8 Å². The Morgan fingerprint density at radius 3 is 2.57 bits per heavy atom. The molecule has 10 heteroatoms. The van der Waals surface area contributed by atoms with Crippen LogP contribution in [0.5, 0.6) is 5.75 Å². The van der Waals surface area contributed by atoms with Crippen LogP contribution in [-0.4, -0.2) is 38.4 Å². The van der Waals surface area contributed by atoms with E-state index in [1.165, 1.54) is 17.4 Å². The molecule has 0 aliphatic carbocycles. The number of halogens is 2. The minimum atomic E-state index is -3.82. The average molecular weight is 390 g/mol. The maximum atomic E-state index is 12.5. The molecule has 0 radical (unpaired) electrons. The first-order chi connectivity index (χ1) is 10.2. The number of aliphatic carboxylic acids is 1. The van der Waals surface area contributed by atoms with Gasteiger partial charge in [0.05, 0.1) is 11.0 Å². The van der Waals surface area contributed by atoms with Crippen LogP contribution in [0.25, 0.3) is 0 Å². The summed E-state index contributed by atoms with van der Waals surface area (Å²) in [5.74, 6) is -1.30. The smallest absolute Gasteiger partial charge is 0.546 e. The van der Waals surface area contributed by atoms with Crippen LogP contribution in [0, 0.1) is 0 Å². The molecule has 1 aromatic rings. The number of carboxylic acids is 1. The van der Waals surface area contributed by atoms with E-state index in [4.69, 9.17) is 27.9 Å². The largest absolute Gasteiger partial charge is 1.00 e. The third-order valence-corrected chi connectivity index (χ3v) is 6.20. The number of hydrogen-bond donors (Lipinski definition) is 0. The van der Waals surface area contributed by atoms with Gasteiger partial charge in [-0.3, -0.25) is 0 Å². The second-order valence-electron chi connectivity index (χ2n) is 4.95. The molecule has 1 aliphatic rings. The molecule has 6 nitrogen and oxygen atoms in total. The van der Waals surface area contributed by atoms with Gasteiger partial charge in [0, 0.05) is 25.6 Å². The van der Waals surface area contributed by atoms with Crippen molar-refractivity contribution in [3.05, 3.63) is 21.7 Å². The monoisotopic (exact) mass is 389 g/mol. The maximum Gasteiger partial charge on any atom is 1.00 e. The first kappa shape index (κ1) is 21.0. The molecule has 0 fully saturated rings. The summed E-state index contributed by atoms with van der Waals surface area (Å²) in [4.78, 5) is 10.7. The minimum Gasteiger partial charge on any atom is -0.546 e. The maximum absolute atomic E-state index is 12.5. The van der Waals surface area contributed by atoms with Crippen molar-refractivity contribution in [3.8, 4) is 5.75 Å². The molecule has 0 saturated heterocycles. The van der Waals surface area contributed by atoms with Crippen molar-refractivity contribution in [2.75, 3.05) is 13.6 Å². The van der Waals surface area contributed by atoms with Crippen molar-refractivity contribution in [1.82, 2.24) is 4.31 Å². The van der Waals surface area contributed by atoms with E-state index in [0.717, 1.165) is 0 Å². The Kier molecular flexibility index (Phi) is 7.23. The van der Waals surface area contributed by atoms with Gasteiger partial charge < -0.3 is 14.6 Å². The number of rotatable bonds is 5. The van der Waals surface area contributed by atoms with Crippen molar-refractivity contribution in [2.45, 2.75) is 30.8 Å². The van der Waals surface area contributed by atoms with Gasteiger partial charge in [-0.25, -0.2) is 12.7 Å². The van der Waals surface area contributed by atoms with E-state index in [-0.39, 0.29) is 56.7 Å². The van der Waals surface area contributed by atoms with Crippen LogP contribution in [0.15, 0.2) is 11.0 Å². The topological polar surface area (TPSA) is 86.7 Å². The van der Waals surface area contributed by atoms with Crippen LogP contribution in [0.1, 0.15) is 18.9 Å². The van der Waals surface area contributed by atoms with E-state index in [0.29, 0.717) is 18.5 Å². The Hall–Kier alpha value is -0.0200. The number of benzene rings is 1. The zero-order valence-corrected chi connectivity index (χ0v) is 17.3. The summed E-state index contributed by atoms with van der Waals surface area (Å²) in [6.45, 7) is 2.17. The Morgan fingerprint density at radius 1 is 1.43 bits per heavy atom. The number of carbonyl (C=O) groups excluding carboxylic acids is 1. The van der Waals surface area contributed by atoms with Crippen LogP contribution >= 0.6 is 23.2 Å². The quantitative estimate of drug-likeness (QED) is 0.548. The number of sulfonamides is 1. The first-order valence-electron chi connectivity index (χ1n) is 6.54. The molecule has 1 aliphatic heterocycles. The number of hydrogen-bond acceptors (Lipinski definition) is 5. The predicted molar refractivity (Wildman–Crippen MR) is 79.7 cm³/mol. The SMILES string of the molecule is CCCN(C)S(=O)(=O)c1cc2c(c(Cl)c1Cl)OC(C(=O)[O-])C2.[Na+]. The second-order valence-corrected chi connectivity index (χ2v) is 7.72. The average Bonchev–Trinajstić information content (AvgIpc) is 2.87. The van der Waals surface area contributed by atoms with Gasteiger partial charge in [-0.2, -0.15) is 0 Å². The summed E-state index contributed by atoms with van der Waals surface area (Å²) in [5, 5.41) is 10.6. The van der Waals surface area contributed by atoms with Gasteiger partial charge in [0.25, 0.3) is 0 Å². The fourth-order valence-corrected chi connectivity index (χ4v) is 4.36. The summed E-state index contributed by atoms with van der Waals surface area (Å²) >= 11 is 12.1. The number of ether oxygens (including phenoxy) is 1. The van der Waals surface area contributed by atoms with Crippen LogP contribution < -0.4 is 39.4 Å². The summed E-state index contributed by atoms with van der Waals surface area (Å²) in [6, 6.07) is 1.31. The van der Waals surface area contributed by atoms with Crippen LogP contribution in [0.4, 0.5) is 0 Å². The first-order valence-corrected chi connectivity index (χ1v) is 8.74. The predicted octanol–water partition coefficient (Wildman–Crippen LogP) is -1.92. The van der Waals surface area contributed by atoms with Crippen molar-refractivity contribution < 1.29 is 52.6 Å². The van der Waals surface area contributed by atoms with Gasteiger partial charge in [0.15, 0.2) is 0 Å². The molecule has 0 aromatic heterocycles. The summed E-state index contributed by atoms with van der Waals surface area (Å²) < 4.78 is 31.4. The van der Waals surface area contributed by atoms with Crippen molar-refractivity contribution in [1.29, 1.82) is 0 Å². The molecule has 1 atom stereocenters. The fourth-order valence-electron chi connectivity index (χ4n) is 2.22. The van der Waals surface area contributed by atoms with Crippen molar-refractivity contribution in [2.24, 2.45) is 0 Å². The third kappa shape index (κ3) is 3.98. The molecular weight excluding hydrogens is 376 g/mol. The molecule has 2 rings (SSSR count). The van der Waals surface area contributed by atoms with Crippen LogP contribution in [0.2, 0.25) is 10.0 Å². The number of nitrogens with zero attached hydrogens (tertiary/aromatic N) is 1. The Balaban J connectivity index is 0.00000264. The summed E-state index contributed by atoms with van der Waals surface area (Å²) in [6.07, 6.45) is -0.578. The zero-order valence-electron chi connectivity index (χ0n) is 12.9. The Bertz CT molecular complexity index is 726. The van der Waals surface area contributed by atoms with Crippen molar-refractivity contribution in [3.63, 3.8) is 0 Å². The van der Waals surface area contributed by atoms with Gasteiger partial charge >= 0.3 is 29.6 Å². The van der Waals surface area contributed by atoms with Crippen LogP contribution in [0.3, 0.4) is 0 Å². The molecule has 122 valence electrons. The third-order valence-electron chi connectivity index (χ3n) is 3.36. The van der Waals surface area contributed by atoms with Crippen LogP contribution in [-0.2, 0) is 21.2 Å². The molecule has 1 heterocycles. The number of carboxylic acid groups (broad SMARTS) is 1. The van der Waals surface area contributed by atoms with E-state index in [9.17, 15) is 18.3 Å². The van der Waals surface area contributed by atoms with Gasteiger partial charge in [0.2, 0.25) is 10.0 Å². The van der Waals surface area contributed by atoms with E-state index >= 15 is 0 Å². The summed E-state index contributed by atoms with van der Waals surface area (Å²) in [5.41, 5.74) is 0.382.